The van der Waals surface area contributed by atoms with Gasteiger partial charge in [0, 0.05) is 6.42 Å². The summed E-state index contributed by atoms with van der Waals surface area (Å²) in [6.45, 7) is 0. The van der Waals surface area contributed by atoms with Gasteiger partial charge in [-0.15, -0.1) is 0 Å². The molecule has 1 atom stereocenters. The maximum atomic E-state index is 10.5. The minimum absolute atomic E-state index is 0.601. The fourth-order valence-electron chi connectivity index (χ4n) is 0.835. The minimum atomic E-state index is -2.51. The molecule has 0 amide bonds. The molecule has 0 heterocycles. The van der Waals surface area contributed by atoms with E-state index in [0.29, 0.717) is 0 Å². The topological polar surface area (TPSA) is 132 Å². The van der Waals surface area contributed by atoms with E-state index in [1.165, 1.54) is 0 Å². The van der Waals surface area contributed by atoms with Gasteiger partial charge >= 0.3 is 17.9 Å². The fourth-order valence-corrected chi connectivity index (χ4v) is 0.835. The first kappa shape index (κ1) is 12.4. The second kappa shape index (κ2) is 4.56. The third-order valence-electron chi connectivity index (χ3n) is 1.59. The molecule has 0 aliphatic carbocycles. The summed E-state index contributed by atoms with van der Waals surface area (Å²) in [4.78, 5) is 30.8. The van der Waals surface area contributed by atoms with E-state index in [1.54, 1.807) is 0 Å². The lowest BCUT2D eigenvalue weighted by Crippen LogP contribution is -2.41. The van der Waals surface area contributed by atoms with Crippen LogP contribution in [0.4, 0.5) is 0 Å². The van der Waals surface area contributed by atoms with Crippen LogP contribution in [0.25, 0.3) is 0 Å². The highest BCUT2D eigenvalue weighted by Gasteiger charge is 2.38. The predicted molar refractivity (Wildman–Crippen MR) is 41.7 cm³/mol. The van der Waals surface area contributed by atoms with E-state index < -0.39 is 42.8 Å². The average molecular weight is 206 g/mol. The van der Waals surface area contributed by atoms with Crippen LogP contribution in [-0.4, -0.2) is 43.9 Å². The Kier molecular flexibility index (Phi) is 4.03. The first-order chi connectivity index (χ1) is 6.28. The molecule has 7 nitrogen and oxygen atoms in total. The van der Waals surface area contributed by atoms with E-state index in [0.717, 1.165) is 0 Å². The van der Waals surface area contributed by atoms with Gasteiger partial charge in [0.15, 0.2) is 5.60 Å². The number of carboxylic acids is 3. The Morgan fingerprint density at radius 1 is 1.00 bits per heavy atom. The molecule has 0 saturated carbocycles. The van der Waals surface area contributed by atoms with Crippen LogP contribution in [0.5, 0.6) is 0 Å². The summed E-state index contributed by atoms with van der Waals surface area (Å²) < 4.78 is 0. The number of aliphatic hydroxyl groups is 1. The lowest BCUT2D eigenvalue weighted by Gasteiger charge is -2.19. The van der Waals surface area contributed by atoms with Crippen molar-refractivity contribution in [3.05, 3.63) is 0 Å². The largest absolute Gasteiger partial charge is 0.481 e. The van der Waals surface area contributed by atoms with Crippen molar-refractivity contribution < 1.29 is 34.8 Å². The van der Waals surface area contributed by atoms with Crippen LogP contribution in [0.15, 0.2) is 0 Å². The molecule has 0 spiro atoms. The van der Waals surface area contributed by atoms with Crippen LogP contribution in [-0.2, 0) is 14.4 Å². The Labute approximate surface area is 78.6 Å². The van der Waals surface area contributed by atoms with Gasteiger partial charge in [0.2, 0.25) is 0 Å². The van der Waals surface area contributed by atoms with Gasteiger partial charge in [-0.1, -0.05) is 0 Å². The molecule has 80 valence electrons. The van der Waals surface area contributed by atoms with Gasteiger partial charge in [-0.2, -0.15) is 0 Å². The molecule has 0 aliphatic rings. The summed E-state index contributed by atoms with van der Waals surface area (Å²) in [6.07, 6.45) is -2.25. The highest BCUT2D eigenvalue weighted by molar-refractivity contribution is 5.84. The summed E-state index contributed by atoms with van der Waals surface area (Å²) in [5.41, 5.74) is -2.51. The quantitative estimate of drug-likeness (QED) is 0.444. The molecule has 4 N–H and O–H groups in total. The standard InChI is InChI=1S/C7H10O7/c8-4(9)1-2-7(14,6(12)13)3-5(10)11/h14H,1-3H2,(H,8,9)(H,10,11)(H,12,13)/t7-/m0/s1. The van der Waals surface area contributed by atoms with E-state index in [4.69, 9.17) is 15.3 Å². The lowest BCUT2D eigenvalue weighted by molar-refractivity contribution is -0.167. The molecule has 0 aromatic rings. The van der Waals surface area contributed by atoms with Crippen molar-refractivity contribution in [1.29, 1.82) is 0 Å². The van der Waals surface area contributed by atoms with Crippen molar-refractivity contribution in [2.75, 3.05) is 0 Å². The Morgan fingerprint density at radius 2 is 1.50 bits per heavy atom. The Balaban J connectivity index is 4.47. The maximum absolute atomic E-state index is 10.5. The number of aliphatic carboxylic acids is 3. The molecule has 0 rings (SSSR count). The summed E-state index contributed by atoms with van der Waals surface area (Å²) in [5, 5.41) is 34.3. The summed E-state index contributed by atoms with van der Waals surface area (Å²) in [6, 6.07) is 0. The van der Waals surface area contributed by atoms with Crippen LogP contribution in [0.2, 0.25) is 0 Å². The molecule has 0 unspecified atom stereocenters. The van der Waals surface area contributed by atoms with E-state index in [1.807, 2.05) is 0 Å². The molecule has 0 saturated heterocycles. The van der Waals surface area contributed by atoms with Crippen molar-refractivity contribution >= 4 is 17.9 Å². The second-order valence-corrected chi connectivity index (χ2v) is 2.80. The molecule has 0 aromatic carbocycles. The minimum Gasteiger partial charge on any atom is -0.481 e. The monoisotopic (exact) mass is 206 g/mol. The number of hydrogen-bond donors (Lipinski definition) is 4. The van der Waals surface area contributed by atoms with Gasteiger partial charge in [0.1, 0.15) is 0 Å². The Bertz CT molecular complexity index is 259. The molecular weight excluding hydrogens is 196 g/mol. The van der Waals surface area contributed by atoms with Gasteiger partial charge in [-0.3, -0.25) is 9.59 Å². The molecule has 7 heteroatoms. The maximum Gasteiger partial charge on any atom is 0.336 e. The van der Waals surface area contributed by atoms with E-state index in [9.17, 15) is 19.5 Å². The van der Waals surface area contributed by atoms with Crippen LogP contribution in [0.3, 0.4) is 0 Å². The third-order valence-corrected chi connectivity index (χ3v) is 1.59. The van der Waals surface area contributed by atoms with Crippen LogP contribution in [0.1, 0.15) is 19.3 Å². The van der Waals surface area contributed by atoms with Gasteiger partial charge in [-0.25, -0.2) is 4.79 Å². The predicted octanol–water partition coefficient (Wildman–Crippen LogP) is -0.858. The smallest absolute Gasteiger partial charge is 0.336 e. The van der Waals surface area contributed by atoms with Gasteiger partial charge < -0.3 is 20.4 Å². The number of rotatable bonds is 6. The zero-order chi connectivity index (χ0) is 11.4. The molecule has 0 fully saturated rings. The SMILES string of the molecule is O=C(O)CC[C@](O)(CC(=O)O)C(=O)O. The number of carbonyl (C=O) groups is 3. The van der Waals surface area contributed by atoms with Gasteiger partial charge in [0.05, 0.1) is 6.42 Å². The summed E-state index contributed by atoms with van der Waals surface area (Å²) >= 11 is 0. The van der Waals surface area contributed by atoms with Crippen molar-refractivity contribution in [3.8, 4) is 0 Å². The highest BCUT2D eigenvalue weighted by Crippen LogP contribution is 2.17. The van der Waals surface area contributed by atoms with Crippen molar-refractivity contribution in [2.45, 2.75) is 24.9 Å². The fraction of sp³-hybridized carbons (Fsp3) is 0.571. The van der Waals surface area contributed by atoms with Crippen molar-refractivity contribution in [3.63, 3.8) is 0 Å². The van der Waals surface area contributed by atoms with Gasteiger partial charge in [-0.05, 0) is 6.42 Å². The molecular formula is C7H10O7. The van der Waals surface area contributed by atoms with E-state index in [-0.39, 0.29) is 0 Å². The lowest BCUT2D eigenvalue weighted by atomic mass is 9.94. The van der Waals surface area contributed by atoms with E-state index in [2.05, 4.69) is 0 Å². The summed E-state index contributed by atoms with van der Waals surface area (Å²) in [5.74, 6) is -4.53. The zero-order valence-electron chi connectivity index (χ0n) is 7.13. The van der Waals surface area contributed by atoms with Crippen molar-refractivity contribution in [1.82, 2.24) is 0 Å². The third kappa shape index (κ3) is 3.85. The Hall–Kier alpha value is -1.63. The first-order valence-electron chi connectivity index (χ1n) is 3.67. The molecule has 0 aromatic heterocycles. The number of carboxylic acid groups (broad SMARTS) is 3. The second-order valence-electron chi connectivity index (χ2n) is 2.80. The van der Waals surface area contributed by atoms with Crippen LogP contribution < -0.4 is 0 Å². The molecule has 0 bridgehead atoms. The molecule has 14 heavy (non-hydrogen) atoms. The Morgan fingerprint density at radius 3 is 1.79 bits per heavy atom. The molecule has 0 aliphatic heterocycles. The van der Waals surface area contributed by atoms with Gasteiger partial charge in [0.25, 0.3) is 0 Å². The molecule has 0 radical (unpaired) electrons. The number of hydrogen-bond acceptors (Lipinski definition) is 4. The van der Waals surface area contributed by atoms with Crippen LogP contribution >= 0.6 is 0 Å². The normalized spacial score (nSPS) is 14.4. The first-order valence-corrected chi connectivity index (χ1v) is 3.67. The van der Waals surface area contributed by atoms with E-state index >= 15 is 0 Å². The average Bonchev–Trinajstić information content (AvgIpc) is 1.99. The van der Waals surface area contributed by atoms with Crippen LogP contribution in [0, 0.1) is 0 Å². The highest BCUT2D eigenvalue weighted by atomic mass is 16.4. The van der Waals surface area contributed by atoms with Crippen molar-refractivity contribution in [2.24, 2.45) is 0 Å². The zero-order valence-corrected chi connectivity index (χ0v) is 7.13. The summed E-state index contributed by atoms with van der Waals surface area (Å²) in [7, 11) is 0.